The first-order valence-corrected chi connectivity index (χ1v) is 10.6. The van der Waals surface area contributed by atoms with Gasteiger partial charge < -0.3 is 9.64 Å². The minimum atomic E-state index is -4.55. The number of anilines is 2. The van der Waals surface area contributed by atoms with Crippen molar-refractivity contribution in [2.24, 2.45) is 0 Å². The van der Waals surface area contributed by atoms with Crippen molar-refractivity contribution < 1.29 is 27.6 Å². The van der Waals surface area contributed by atoms with Gasteiger partial charge in [0, 0.05) is 16.0 Å². The number of benzene rings is 2. The van der Waals surface area contributed by atoms with Gasteiger partial charge in [-0.1, -0.05) is 29.8 Å². The van der Waals surface area contributed by atoms with Crippen LogP contribution in [0.3, 0.4) is 0 Å². The number of amides is 1. The van der Waals surface area contributed by atoms with Gasteiger partial charge in [-0.15, -0.1) is 11.3 Å². The third-order valence-electron chi connectivity index (χ3n) is 4.25. The number of likely N-dealkylation sites (N-methyl/N-ethyl adjacent to an activating group) is 1. The molecule has 0 unspecified atom stereocenters. The van der Waals surface area contributed by atoms with Gasteiger partial charge in [0.05, 0.1) is 31.0 Å². The number of nitrogens with one attached hydrogen (secondary N) is 1. The van der Waals surface area contributed by atoms with E-state index >= 15 is 0 Å². The fraction of sp³-hybridized carbons (Fsp3) is 0.238. The summed E-state index contributed by atoms with van der Waals surface area (Å²) in [6.45, 7) is 0.664. The Labute approximate surface area is 186 Å². The lowest BCUT2D eigenvalue weighted by Gasteiger charge is -2.21. The summed E-state index contributed by atoms with van der Waals surface area (Å²) < 4.78 is 45.0. The van der Waals surface area contributed by atoms with Crippen molar-refractivity contribution in [2.75, 3.05) is 32.1 Å². The Hall–Kier alpha value is -2.62. The topological polar surface area (TPSA) is 46.9 Å². The Kier molecular flexibility index (Phi) is 7.19. The molecule has 2 aromatic carbocycles. The highest BCUT2D eigenvalue weighted by Gasteiger charge is 2.32. The van der Waals surface area contributed by atoms with Gasteiger partial charge in [-0.25, -0.2) is 14.7 Å². The number of aromatic nitrogens is 1. The molecule has 3 rings (SSSR count). The molecule has 1 aromatic heterocycles. The van der Waals surface area contributed by atoms with E-state index in [0.29, 0.717) is 17.3 Å². The van der Waals surface area contributed by atoms with E-state index in [-0.39, 0.29) is 17.4 Å². The number of hydrogen-bond donors (Lipinski definition) is 1. The Morgan fingerprint density at radius 3 is 2.61 bits per heavy atom. The van der Waals surface area contributed by atoms with Crippen LogP contribution in [0.5, 0.6) is 0 Å². The second kappa shape index (κ2) is 9.67. The molecule has 0 aliphatic carbocycles. The van der Waals surface area contributed by atoms with E-state index in [1.54, 1.807) is 29.6 Å². The summed E-state index contributed by atoms with van der Waals surface area (Å²) in [5.41, 5.74) is 0.421. The molecule has 0 fully saturated rings. The molecule has 3 aromatic rings. The Balaban J connectivity index is 1.98. The summed E-state index contributed by atoms with van der Waals surface area (Å²) in [5, 5.41) is 2.42. The highest BCUT2D eigenvalue weighted by molar-refractivity contribution is 7.14. The van der Waals surface area contributed by atoms with Crippen LogP contribution in [0.2, 0.25) is 5.02 Å². The summed E-state index contributed by atoms with van der Waals surface area (Å²) in [4.78, 5) is 19.4. The monoisotopic (exact) mass is 470 g/mol. The molecule has 10 heteroatoms. The number of carbonyl (C=O) groups is 1. The Bertz CT molecular complexity index is 1060. The molecule has 0 bridgehead atoms. The summed E-state index contributed by atoms with van der Waals surface area (Å²) in [5.74, 6) is 0. The van der Waals surface area contributed by atoms with Gasteiger partial charge in [-0.05, 0) is 30.3 Å². The molecule has 1 N–H and O–H groups in total. The molecule has 0 radical (unpaired) electrons. The number of ether oxygens (including phenoxy) is 1. The van der Waals surface area contributed by atoms with Crippen LogP contribution < -0.4 is 9.80 Å². The highest BCUT2D eigenvalue weighted by Crippen LogP contribution is 2.36. The van der Waals surface area contributed by atoms with E-state index in [1.807, 2.05) is 14.1 Å². The predicted octanol–water partition coefficient (Wildman–Crippen LogP) is 4.90. The number of halogens is 4. The molecular formula is C21H20ClF3N3O2S+. The number of thiazole rings is 1. The Morgan fingerprint density at radius 1 is 1.19 bits per heavy atom. The van der Waals surface area contributed by atoms with Crippen molar-refractivity contribution in [3.8, 4) is 11.3 Å². The van der Waals surface area contributed by atoms with E-state index in [4.69, 9.17) is 16.3 Å². The van der Waals surface area contributed by atoms with Crippen molar-refractivity contribution in [3.63, 3.8) is 0 Å². The van der Waals surface area contributed by atoms with E-state index in [1.165, 1.54) is 12.1 Å². The second-order valence-corrected chi connectivity index (χ2v) is 8.25. The lowest BCUT2D eigenvalue weighted by atomic mass is 10.2. The van der Waals surface area contributed by atoms with Crippen LogP contribution in [0.1, 0.15) is 5.56 Å². The first-order valence-electron chi connectivity index (χ1n) is 9.30. The number of carbonyl (C=O) groups excluding carboxylic acids is 1. The largest absolute Gasteiger partial charge is 0.443 e. The molecular weight excluding hydrogens is 451 g/mol. The first kappa shape index (κ1) is 23.1. The smallest absolute Gasteiger partial charge is 0.421 e. The minimum Gasteiger partial charge on any atom is -0.443 e. The van der Waals surface area contributed by atoms with Crippen molar-refractivity contribution in [1.29, 1.82) is 0 Å². The fourth-order valence-corrected chi connectivity index (χ4v) is 3.70. The van der Waals surface area contributed by atoms with Crippen molar-refractivity contribution >= 4 is 39.8 Å². The van der Waals surface area contributed by atoms with E-state index < -0.39 is 17.8 Å². The zero-order valence-electron chi connectivity index (χ0n) is 16.7. The van der Waals surface area contributed by atoms with E-state index in [2.05, 4.69) is 4.98 Å². The van der Waals surface area contributed by atoms with Gasteiger partial charge in [0.25, 0.3) is 0 Å². The number of hydrogen-bond acceptors (Lipinski definition) is 4. The highest BCUT2D eigenvalue weighted by atomic mass is 35.5. The predicted molar refractivity (Wildman–Crippen MR) is 115 cm³/mol. The molecule has 0 spiro atoms. The first-order chi connectivity index (χ1) is 14.6. The van der Waals surface area contributed by atoms with Crippen molar-refractivity contribution in [1.82, 2.24) is 4.98 Å². The molecule has 0 saturated carbocycles. The van der Waals surface area contributed by atoms with Crippen LogP contribution in [0, 0.1) is 0 Å². The zero-order chi connectivity index (χ0) is 22.6. The van der Waals surface area contributed by atoms with Gasteiger partial charge >= 0.3 is 12.3 Å². The van der Waals surface area contributed by atoms with Gasteiger partial charge in [0.1, 0.15) is 13.2 Å². The van der Waals surface area contributed by atoms with E-state index in [9.17, 15) is 18.0 Å². The maximum absolute atomic E-state index is 13.2. The standard InChI is InChI=1S/C21H19ClF3N3O2S/c1-27(2)9-10-30-20(29)28(17-8-4-6-15(12-17)21(23,24)25)19-26-18(13-31-19)14-5-3-7-16(22)11-14/h3-8,11-13H,9-10H2,1-2H3/p+1. The quantitative estimate of drug-likeness (QED) is 0.557. The maximum Gasteiger partial charge on any atom is 0.421 e. The zero-order valence-corrected chi connectivity index (χ0v) is 18.3. The third-order valence-corrected chi connectivity index (χ3v) is 5.31. The fourth-order valence-electron chi connectivity index (χ4n) is 2.67. The van der Waals surface area contributed by atoms with Crippen LogP contribution in [0.25, 0.3) is 11.3 Å². The second-order valence-electron chi connectivity index (χ2n) is 6.98. The minimum absolute atomic E-state index is 0.0176. The molecule has 31 heavy (non-hydrogen) atoms. The van der Waals surface area contributed by atoms with Crippen LogP contribution in [-0.2, 0) is 10.9 Å². The number of nitrogens with zero attached hydrogens (tertiary/aromatic N) is 2. The summed E-state index contributed by atoms with van der Waals surface area (Å²) in [6, 6.07) is 11.5. The van der Waals surface area contributed by atoms with Crippen molar-refractivity contribution in [3.05, 3.63) is 64.5 Å². The van der Waals surface area contributed by atoms with Gasteiger partial charge in [-0.2, -0.15) is 13.2 Å². The van der Waals surface area contributed by atoms with E-state index in [0.717, 1.165) is 38.8 Å². The van der Waals surface area contributed by atoms with Crippen LogP contribution in [0.4, 0.5) is 28.8 Å². The Morgan fingerprint density at radius 2 is 1.94 bits per heavy atom. The molecule has 0 atom stereocenters. The normalized spacial score (nSPS) is 11.6. The molecule has 5 nitrogen and oxygen atoms in total. The van der Waals surface area contributed by atoms with Gasteiger partial charge in [-0.3, -0.25) is 0 Å². The maximum atomic E-state index is 13.2. The van der Waals surface area contributed by atoms with Crippen LogP contribution in [-0.4, -0.2) is 38.3 Å². The van der Waals surface area contributed by atoms with Crippen LogP contribution in [0.15, 0.2) is 53.9 Å². The lowest BCUT2D eigenvalue weighted by molar-refractivity contribution is -0.858. The average molecular weight is 471 g/mol. The van der Waals surface area contributed by atoms with Crippen molar-refractivity contribution in [2.45, 2.75) is 6.18 Å². The number of quaternary nitrogens is 1. The molecule has 1 heterocycles. The summed E-state index contributed by atoms with van der Waals surface area (Å²) in [6.07, 6.45) is -5.35. The summed E-state index contributed by atoms with van der Waals surface area (Å²) >= 11 is 7.15. The molecule has 164 valence electrons. The number of rotatable bonds is 6. The van der Waals surface area contributed by atoms with Crippen LogP contribution >= 0.6 is 22.9 Å². The summed E-state index contributed by atoms with van der Waals surface area (Å²) in [7, 11) is 3.80. The molecule has 0 aliphatic heterocycles. The van der Waals surface area contributed by atoms with Gasteiger partial charge in [0.2, 0.25) is 0 Å². The average Bonchev–Trinajstić information content (AvgIpc) is 3.17. The third kappa shape index (κ3) is 5.96. The lowest BCUT2D eigenvalue weighted by Crippen LogP contribution is -3.06. The molecule has 1 amide bonds. The SMILES string of the molecule is C[NH+](C)CCOC(=O)N(c1cccc(C(F)(F)F)c1)c1nc(-c2cccc(Cl)c2)cs1. The molecule has 0 aliphatic rings. The molecule has 0 saturated heterocycles. The number of alkyl halides is 3. The van der Waals surface area contributed by atoms with Gasteiger partial charge in [0.15, 0.2) is 5.13 Å².